The standard InChI is InChI=1S/C19H23NO2/c1-13-8-9-15(3)18(12-13)22-11-10-19(21)20-17-7-5-6-14(2)16(17)4/h5-9,12H,10-11H2,1-4H3,(H,20,21). The molecule has 2 aromatic rings. The molecule has 1 amide bonds. The molecule has 0 bridgehead atoms. The maximum atomic E-state index is 12.0. The number of ether oxygens (including phenoxy) is 1. The molecule has 2 aromatic carbocycles. The predicted molar refractivity (Wildman–Crippen MR) is 90.6 cm³/mol. The van der Waals surface area contributed by atoms with Crippen LogP contribution in [0.2, 0.25) is 0 Å². The van der Waals surface area contributed by atoms with E-state index in [0.29, 0.717) is 13.0 Å². The normalized spacial score (nSPS) is 10.4. The minimum Gasteiger partial charge on any atom is -0.493 e. The number of carbonyl (C=O) groups is 1. The lowest BCUT2D eigenvalue weighted by molar-refractivity contribution is -0.116. The van der Waals surface area contributed by atoms with E-state index in [9.17, 15) is 4.79 Å². The molecule has 0 unspecified atom stereocenters. The van der Waals surface area contributed by atoms with Gasteiger partial charge >= 0.3 is 0 Å². The van der Waals surface area contributed by atoms with Crippen LogP contribution >= 0.6 is 0 Å². The van der Waals surface area contributed by atoms with Gasteiger partial charge in [0.25, 0.3) is 0 Å². The van der Waals surface area contributed by atoms with Crippen molar-refractivity contribution in [1.29, 1.82) is 0 Å². The number of hydrogen-bond acceptors (Lipinski definition) is 2. The molecule has 116 valence electrons. The summed E-state index contributed by atoms with van der Waals surface area (Å²) in [7, 11) is 0. The molecular weight excluding hydrogens is 274 g/mol. The first-order chi connectivity index (χ1) is 10.5. The summed E-state index contributed by atoms with van der Waals surface area (Å²) in [6, 6.07) is 12.0. The molecule has 0 aliphatic carbocycles. The Hall–Kier alpha value is -2.29. The Kier molecular flexibility index (Phi) is 5.21. The van der Waals surface area contributed by atoms with Crippen LogP contribution in [0.15, 0.2) is 36.4 Å². The summed E-state index contributed by atoms with van der Waals surface area (Å²) < 4.78 is 5.72. The zero-order valence-corrected chi connectivity index (χ0v) is 13.7. The molecule has 22 heavy (non-hydrogen) atoms. The molecule has 0 aromatic heterocycles. The monoisotopic (exact) mass is 297 g/mol. The number of aryl methyl sites for hydroxylation is 3. The molecule has 0 fully saturated rings. The number of hydrogen-bond donors (Lipinski definition) is 1. The smallest absolute Gasteiger partial charge is 0.227 e. The Morgan fingerprint density at radius 1 is 1.05 bits per heavy atom. The minimum atomic E-state index is -0.0287. The van der Waals surface area contributed by atoms with E-state index in [1.807, 2.05) is 58.0 Å². The Morgan fingerprint density at radius 2 is 1.82 bits per heavy atom. The summed E-state index contributed by atoms with van der Waals surface area (Å²) in [5.74, 6) is 0.818. The summed E-state index contributed by atoms with van der Waals surface area (Å²) >= 11 is 0. The van der Waals surface area contributed by atoms with Crippen molar-refractivity contribution < 1.29 is 9.53 Å². The zero-order chi connectivity index (χ0) is 16.1. The number of benzene rings is 2. The van der Waals surface area contributed by atoms with Gasteiger partial charge in [0.2, 0.25) is 5.91 Å². The van der Waals surface area contributed by atoms with Gasteiger partial charge in [0.1, 0.15) is 5.75 Å². The molecule has 0 saturated carbocycles. The third-order valence-electron chi connectivity index (χ3n) is 3.81. The van der Waals surface area contributed by atoms with Gasteiger partial charge in [0.05, 0.1) is 13.0 Å². The Bertz CT molecular complexity index is 677. The van der Waals surface area contributed by atoms with Crippen LogP contribution in [-0.2, 0) is 4.79 Å². The van der Waals surface area contributed by atoms with E-state index in [1.54, 1.807) is 0 Å². The van der Waals surface area contributed by atoms with Gasteiger partial charge in [0, 0.05) is 5.69 Å². The molecular formula is C19H23NO2. The highest BCUT2D eigenvalue weighted by Gasteiger charge is 2.07. The second-order valence-electron chi connectivity index (χ2n) is 5.66. The fourth-order valence-corrected chi connectivity index (χ4v) is 2.22. The first kappa shape index (κ1) is 16.1. The predicted octanol–water partition coefficient (Wildman–Crippen LogP) is 4.33. The van der Waals surface area contributed by atoms with Crippen LogP contribution < -0.4 is 10.1 Å². The summed E-state index contributed by atoms with van der Waals surface area (Å²) in [6.45, 7) is 8.46. The number of anilines is 1. The first-order valence-electron chi connectivity index (χ1n) is 7.53. The lowest BCUT2D eigenvalue weighted by Crippen LogP contribution is -2.16. The fourth-order valence-electron chi connectivity index (χ4n) is 2.22. The molecule has 3 nitrogen and oxygen atoms in total. The van der Waals surface area contributed by atoms with E-state index >= 15 is 0 Å². The van der Waals surface area contributed by atoms with Gasteiger partial charge < -0.3 is 10.1 Å². The number of nitrogens with one attached hydrogen (secondary N) is 1. The zero-order valence-electron chi connectivity index (χ0n) is 13.7. The summed E-state index contributed by atoms with van der Waals surface area (Å²) in [5.41, 5.74) is 5.38. The molecule has 0 aliphatic rings. The average molecular weight is 297 g/mol. The van der Waals surface area contributed by atoms with Gasteiger partial charge in [-0.15, -0.1) is 0 Å². The van der Waals surface area contributed by atoms with Crippen LogP contribution in [0, 0.1) is 27.7 Å². The number of rotatable bonds is 5. The molecule has 1 N–H and O–H groups in total. The topological polar surface area (TPSA) is 38.3 Å². The average Bonchev–Trinajstić information content (AvgIpc) is 2.47. The van der Waals surface area contributed by atoms with Gasteiger partial charge in [0.15, 0.2) is 0 Å². The Balaban J connectivity index is 1.88. The van der Waals surface area contributed by atoms with E-state index in [4.69, 9.17) is 4.74 Å². The van der Waals surface area contributed by atoms with E-state index in [0.717, 1.165) is 28.1 Å². The lowest BCUT2D eigenvalue weighted by atomic mass is 10.1. The maximum absolute atomic E-state index is 12.0. The molecule has 0 spiro atoms. The summed E-state index contributed by atoms with van der Waals surface area (Å²) in [6.07, 6.45) is 0.334. The van der Waals surface area contributed by atoms with E-state index in [-0.39, 0.29) is 5.91 Å². The van der Waals surface area contributed by atoms with Crippen molar-refractivity contribution in [2.24, 2.45) is 0 Å². The minimum absolute atomic E-state index is 0.0287. The third kappa shape index (κ3) is 4.10. The maximum Gasteiger partial charge on any atom is 0.227 e. The molecule has 0 heterocycles. The van der Waals surface area contributed by atoms with E-state index in [2.05, 4.69) is 11.4 Å². The lowest BCUT2D eigenvalue weighted by Gasteiger charge is -2.12. The highest BCUT2D eigenvalue weighted by atomic mass is 16.5. The van der Waals surface area contributed by atoms with Gasteiger partial charge in [-0.05, 0) is 62.1 Å². The molecule has 2 rings (SSSR count). The van der Waals surface area contributed by atoms with E-state index in [1.165, 1.54) is 5.56 Å². The van der Waals surface area contributed by atoms with Crippen molar-refractivity contribution in [1.82, 2.24) is 0 Å². The van der Waals surface area contributed by atoms with Crippen molar-refractivity contribution in [3.8, 4) is 5.75 Å². The van der Waals surface area contributed by atoms with Crippen LogP contribution in [0.5, 0.6) is 5.75 Å². The number of carbonyl (C=O) groups excluding carboxylic acids is 1. The van der Waals surface area contributed by atoms with Gasteiger partial charge in [-0.2, -0.15) is 0 Å². The third-order valence-corrected chi connectivity index (χ3v) is 3.81. The van der Waals surface area contributed by atoms with Crippen molar-refractivity contribution in [3.63, 3.8) is 0 Å². The molecule has 0 radical (unpaired) electrons. The summed E-state index contributed by atoms with van der Waals surface area (Å²) in [5, 5.41) is 2.94. The summed E-state index contributed by atoms with van der Waals surface area (Å²) in [4.78, 5) is 12.0. The quantitative estimate of drug-likeness (QED) is 0.892. The molecule has 0 saturated heterocycles. The van der Waals surface area contributed by atoms with Crippen LogP contribution in [0.1, 0.15) is 28.7 Å². The van der Waals surface area contributed by atoms with Crippen molar-refractivity contribution in [2.75, 3.05) is 11.9 Å². The second-order valence-corrected chi connectivity index (χ2v) is 5.66. The fraction of sp³-hybridized carbons (Fsp3) is 0.316. The van der Waals surface area contributed by atoms with Crippen molar-refractivity contribution >= 4 is 11.6 Å². The van der Waals surface area contributed by atoms with Crippen LogP contribution in [0.4, 0.5) is 5.69 Å². The van der Waals surface area contributed by atoms with Crippen molar-refractivity contribution in [2.45, 2.75) is 34.1 Å². The largest absolute Gasteiger partial charge is 0.493 e. The first-order valence-corrected chi connectivity index (χ1v) is 7.53. The number of amides is 1. The van der Waals surface area contributed by atoms with Gasteiger partial charge in [-0.3, -0.25) is 4.79 Å². The van der Waals surface area contributed by atoms with E-state index < -0.39 is 0 Å². The SMILES string of the molecule is Cc1ccc(C)c(OCCC(=O)Nc2cccc(C)c2C)c1. The van der Waals surface area contributed by atoms with Gasteiger partial charge in [-0.25, -0.2) is 0 Å². The van der Waals surface area contributed by atoms with Crippen molar-refractivity contribution in [3.05, 3.63) is 58.7 Å². The van der Waals surface area contributed by atoms with Gasteiger partial charge in [-0.1, -0.05) is 24.3 Å². The Morgan fingerprint density at radius 3 is 2.59 bits per heavy atom. The second kappa shape index (κ2) is 7.12. The highest BCUT2D eigenvalue weighted by molar-refractivity contribution is 5.91. The van der Waals surface area contributed by atoms with Crippen LogP contribution in [-0.4, -0.2) is 12.5 Å². The molecule has 3 heteroatoms. The Labute approximate surface area is 132 Å². The molecule has 0 aliphatic heterocycles. The van der Waals surface area contributed by atoms with Crippen LogP contribution in [0.25, 0.3) is 0 Å². The molecule has 0 atom stereocenters. The highest BCUT2D eigenvalue weighted by Crippen LogP contribution is 2.20. The van der Waals surface area contributed by atoms with Crippen LogP contribution in [0.3, 0.4) is 0 Å².